The number of pyridine rings is 1. The first-order chi connectivity index (χ1) is 13.2. The largest absolute Gasteiger partial charge is 0.367 e. The van der Waals surface area contributed by atoms with Crippen LogP contribution >= 0.6 is 11.8 Å². The van der Waals surface area contributed by atoms with Crippen molar-refractivity contribution in [3.05, 3.63) is 48.4 Å². The summed E-state index contributed by atoms with van der Waals surface area (Å²) in [6.07, 6.45) is 10.1. The number of hydrogen-bond acceptors (Lipinski definition) is 4. The predicted octanol–water partition coefficient (Wildman–Crippen LogP) is 5.74. The zero-order valence-corrected chi connectivity index (χ0v) is 16.2. The lowest BCUT2D eigenvalue weighted by Crippen LogP contribution is -2.22. The second-order valence-electron chi connectivity index (χ2n) is 6.89. The van der Waals surface area contributed by atoms with Crippen LogP contribution in [0.2, 0.25) is 0 Å². The van der Waals surface area contributed by atoms with E-state index < -0.39 is 0 Å². The summed E-state index contributed by atoms with van der Waals surface area (Å²) < 4.78 is 13.3. The molecule has 0 spiro atoms. The molecule has 4 rings (SSSR count). The molecule has 2 N–H and O–H groups in total. The lowest BCUT2D eigenvalue weighted by atomic mass is 9.95. The topological polar surface area (TPSA) is 53.6 Å². The lowest BCUT2D eigenvalue weighted by Gasteiger charge is -2.23. The molecule has 0 aliphatic heterocycles. The van der Waals surface area contributed by atoms with Crippen LogP contribution in [0.4, 0.5) is 10.2 Å². The molecule has 140 valence electrons. The fourth-order valence-electron chi connectivity index (χ4n) is 3.60. The van der Waals surface area contributed by atoms with Crippen molar-refractivity contribution in [2.75, 3.05) is 11.6 Å². The van der Waals surface area contributed by atoms with Crippen molar-refractivity contribution < 1.29 is 4.39 Å². The maximum absolute atomic E-state index is 13.3. The molecule has 0 bridgehead atoms. The van der Waals surface area contributed by atoms with Crippen LogP contribution in [0.3, 0.4) is 0 Å². The van der Waals surface area contributed by atoms with Crippen LogP contribution in [0.15, 0.2) is 47.8 Å². The van der Waals surface area contributed by atoms with Gasteiger partial charge in [-0.3, -0.25) is 0 Å². The van der Waals surface area contributed by atoms with Crippen molar-refractivity contribution in [2.24, 2.45) is 0 Å². The van der Waals surface area contributed by atoms with Gasteiger partial charge in [0.1, 0.15) is 11.6 Å². The van der Waals surface area contributed by atoms with Gasteiger partial charge in [-0.15, -0.1) is 0 Å². The van der Waals surface area contributed by atoms with Gasteiger partial charge in [0.25, 0.3) is 0 Å². The van der Waals surface area contributed by atoms with Crippen molar-refractivity contribution in [3.8, 4) is 22.5 Å². The third kappa shape index (κ3) is 4.16. The average molecular weight is 383 g/mol. The third-order valence-electron chi connectivity index (χ3n) is 5.00. The van der Waals surface area contributed by atoms with E-state index in [1.54, 1.807) is 23.9 Å². The summed E-state index contributed by atoms with van der Waals surface area (Å²) in [5, 5.41) is 4.41. The van der Waals surface area contributed by atoms with E-state index >= 15 is 0 Å². The van der Waals surface area contributed by atoms with Crippen molar-refractivity contribution in [3.63, 3.8) is 0 Å². The minimum Gasteiger partial charge on any atom is -0.367 e. The predicted molar refractivity (Wildman–Crippen MR) is 109 cm³/mol. The van der Waals surface area contributed by atoms with Gasteiger partial charge in [0.05, 0.1) is 11.4 Å². The van der Waals surface area contributed by atoms with E-state index in [9.17, 15) is 4.39 Å². The number of benzene rings is 1. The van der Waals surface area contributed by atoms with Gasteiger partial charge in [0, 0.05) is 23.4 Å². The summed E-state index contributed by atoms with van der Waals surface area (Å²) in [4.78, 5) is 12.6. The van der Waals surface area contributed by atoms with Crippen molar-refractivity contribution in [1.29, 1.82) is 0 Å². The number of imidazole rings is 1. The molecule has 4 nitrogen and oxygen atoms in total. The van der Waals surface area contributed by atoms with Gasteiger partial charge in [-0.1, -0.05) is 31.0 Å². The number of H-pyrrole nitrogens is 1. The summed E-state index contributed by atoms with van der Waals surface area (Å²) in [7, 11) is 0. The number of aromatic nitrogens is 3. The standard InChI is InChI=1S/C21H23FN4S/c1-27-21-25-19(14-7-9-16(22)10-8-14)20(26-21)15-11-12-23-18(13-15)24-17-5-3-2-4-6-17/h7-13,17H,2-6H2,1H3,(H,23,24)(H,25,26). The SMILES string of the molecule is CSc1nc(-c2ccnc(NC3CCCCC3)c2)c(-c2ccc(F)cc2)[nH]1. The Morgan fingerprint density at radius 3 is 2.59 bits per heavy atom. The summed E-state index contributed by atoms with van der Waals surface area (Å²) in [6.45, 7) is 0. The van der Waals surface area contributed by atoms with Crippen LogP contribution in [0.25, 0.3) is 22.5 Å². The van der Waals surface area contributed by atoms with E-state index in [1.807, 2.05) is 18.5 Å². The van der Waals surface area contributed by atoms with Gasteiger partial charge >= 0.3 is 0 Å². The maximum Gasteiger partial charge on any atom is 0.166 e. The Hall–Kier alpha value is -2.34. The molecule has 3 aromatic rings. The summed E-state index contributed by atoms with van der Waals surface area (Å²) in [6, 6.07) is 11.0. The zero-order valence-electron chi connectivity index (χ0n) is 15.3. The molecule has 1 fully saturated rings. The summed E-state index contributed by atoms with van der Waals surface area (Å²) >= 11 is 1.56. The van der Waals surface area contributed by atoms with E-state index in [4.69, 9.17) is 4.98 Å². The number of thioether (sulfide) groups is 1. The fraction of sp³-hybridized carbons (Fsp3) is 0.333. The second-order valence-corrected chi connectivity index (χ2v) is 7.68. The first kappa shape index (κ1) is 18.0. The zero-order chi connectivity index (χ0) is 18.6. The number of hydrogen-bond donors (Lipinski definition) is 2. The fourth-order valence-corrected chi connectivity index (χ4v) is 3.98. The number of nitrogens with one attached hydrogen (secondary N) is 2. The molecule has 6 heteroatoms. The van der Waals surface area contributed by atoms with Crippen LogP contribution in [0.5, 0.6) is 0 Å². The molecule has 1 aliphatic carbocycles. The second kappa shape index (κ2) is 8.13. The Kier molecular flexibility index (Phi) is 5.43. The Bertz CT molecular complexity index is 901. The Morgan fingerprint density at radius 1 is 1.07 bits per heavy atom. The monoisotopic (exact) mass is 382 g/mol. The molecular weight excluding hydrogens is 359 g/mol. The highest BCUT2D eigenvalue weighted by Gasteiger charge is 2.17. The van der Waals surface area contributed by atoms with Gasteiger partial charge < -0.3 is 10.3 Å². The van der Waals surface area contributed by atoms with E-state index in [2.05, 4.69) is 21.4 Å². The van der Waals surface area contributed by atoms with E-state index in [-0.39, 0.29) is 5.82 Å². The lowest BCUT2D eigenvalue weighted by molar-refractivity contribution is 0.462. The first-order valence-corrected chi connectivity index (χ1v) is 10.6. The highest BCUT2D eigenvalue weighted by Crippen LogP contribution is 2.33. The molecule has 0 atom stereocenters. The van der Waals surface area contributed by atoms with Crippen LogP contribution in [0, 0.1) is 5.82 Å². The van der Waals surface area contributed by atoms with Crippen LogP contribution in [-0.2, 0) is 0 Å². The highest BCUT2D eigenvalue weighted by atomic mass is 32.2. The summed E-state index contributed by atoms with van der Waals surface area (Å²) in [5.74, 6) is 0.644. The quantitative estimate of drug-likeness (QED) is 0.552. The molecule has 27 heavy (non-hydrogen) atoms. The van der Waals surface area contributed by atoms with E-state index in [1.165, 1.54) is 44.2 Å². The van der Waals surface area contributed by atoms with E-state index in [0.717, 1.165) is 33.5 Å². The van der Waals surface area contributed by atoms with Crippen LogP contribution in [-0.4, -0.2) is 27.2 Å². The first-order valence-electron chi connectivity index (χ1n) is 9.36. The van der Waals surface area contributed by atoms with E-state index in [0.29, 0.717) is 6.04 Å². The number of nitrogens with zero attached hydrogens (tertiary/aromatic N) is 2. The number of rotatable bonds is 5. The number of aromatic amines is 1. The van der Waals surface area contributed by atoms with Gasteiger partial charge in [0.15, 0.2) is 5.16 Å². The Labute approximate surface area is 163 Å². The normalized spacial score (nSPS) is 15.0. The minimum absolute atomic E-state index is 0.243. The molecular formula is C21H23FN4S. The molecule has 0 saturated heterocycles. The van der Waals surface area contributed by atoms with Gasteiger partial charge in [-0.2, -0.15) is 0 Å². The smallest absolute Gasteiger partial charge is 0.166 e. The average Bonchev–Trinajstić information content (AvgIpc) is 3.14. The van der Waals surface area contributed by atoms with Crippen molar-refractivity contribution in [2.45, 2.75) is 43.3 Å². The number of halogens is 1. The molecule has 1 aliphatic rings. The minimum atomic E-state index is -0.243. The molecule has 2 heterocycles. The maximum atomic E-state index is 13.3. The van der Waals surface area contributed by atoms with Gasteiger partial charge in [-0.05, 0) is 55.5 Å². The molecule has 2 aromatic heterocycles. The van der Waals surface area contributed by atoms with Gasteiger partial charge in [0.2, 0.25) is 0 Å². The highest BCUT2D eigenvalue weighted by molar-refractivity contribution is 7.98. The molecule has 1 saturated carbocycles. The molecule has 0 amide bonds. The number of anilines is 1. The van der Waals surface area contributed by atoms with Crippen molar-refractivity contribution >= 4 is 17.6 Å². The Balaban J connectivity index is 1.67. The third-order valence-corrected chi connectivity index (χ3v) is 5.58. The summed E-state index contributed by atoms with van der Waals surface area (Å²) in [5.41, 5.74) is 3.67. The van der Waals surface area contributed by atoms with Crippen LogP contribution in [0.1, 0.15) is 32.1 Å². The molecule has 0 unspecified atom stereocenters. The molecule has 0 radical (unpaired) electrons. The van der Waals surface area contributed by atoms with Gasteiger partial charge in [-0.25, -0.2) is 14.4 Å². The molecule has 1 aromatic carbocycles. The van der Waals surface area contributed by atoms with Crippen LogP contribution < -0.4 is 5.32 Å². The van der Waals surface area contributed by atoms with Crippen molar-refractivity contribution in [1.82, 2.24) is 15.0 Å². The Morgan fingerprint density at radius 2 is 1.85 bits per heavy atom.